The van der Waals surface area contributed by atoms with Crippen LogP contribution in [0.25, 0.3) is 22.0 Å². The fraction of sp³-hybridized carbons (Fsp3) is 0.176. The molecule has 0 amide bonds. The Hall–Kier alpha value is -2.02. The lowest BCUT2D eigenvalue weighted by atomic mass is 10.1. The van der Waals surface area contributed by atoms with Crippen molar-refractivity contribution in [3.63, 3.8) is 0 Å². The summed E-state index contributed by atoms with van der Waals surface area (Å²) in [5.41, 5.74) is 3.96. The highest BCUT2D eigenvalue weighted by atomic mass is 15.0. The zero-order valence-electron chi connectivity index (χ0n) is 10.6. The van der Waals surface area contributed by atoms with E-state index < -0.39 is 0 Å². The van der Waals surface area contributed by atoms with Crippen molar-refractivity contribution >= 4 is 10.9 Å². The molecule has 0 aliphatic carbocycles. The van der Waals surface area contributed by atoms with Gasteiger partial charge in [0.2, 0.25) is 0 Å². The molecule has 0 aliphatic heterocycles. The Morgan fingerprint density at radius 3 is 2.39 bits per heavy atom. The summed E-state index contributed by atoms with van der Waals surface area (Å²) in [6.45, 7) is 3.30. The lowest BCUT2D eigenvalue weighted by molar-refractivity contribution is 0.704. The molecule has 0 aliphatic rings. The first-order chi connectivity index (χ1) is 8.90. The third kappa shape index (κ3) is 1.82. The van der Waals surface area contributed by atoms with Gasteiger partial charge in [-0.2, -0.15) is 0 Å². The number of para-hydroxylation sites is 1. The Morgan fingerprint density at radius 2 is 1.61 bits per heavy atom. The molecule has 0 saturated heterocycles. The van der Waals surface area contributed by atoms with Crippen molar-refractivity contribution < 1.29 is 0 Å². The molecule has 0 radical (unpaired) electrons. The van der Waals surface area contributed by atoms with Gasteiger partial charge in [-0.25, -0.2) is 0 Å². The van der Waals surface area contributed by atoms with E-state index in [1.54, 1.807) is 0 Å². The largest absolute Gasteiger partial charge is 0.347 e. The maximum absolute atomic E-state index is 2.36. The smallest absolute Gasteiger partial charge is 0.0486 e. The zero-order chi connectivity index (χ0) is 12.4. The van der Waals surface area contributed by atoms with Crippen LogP contribution in [0.2, 0.25) is 0 Å². The number of hydrogen-bond acceptors (Lipinski definition) is 0. The van der Waals surface area contributed by atoms with Crippen LogP contribution < -0.4 is 0 Å². The number of fused-ring (bicyclic) bond motifs is 1. The summed E-state index contributed by atoms with van der Waals surface area (Å²) in [5.74, 6) is 0. The molecule has 1 aromatic heterocycles. The Balaban J connectivity index is 2.24. The van der Waals surface area contributed by atoms with Gasteiger partial charge in [-0.3, -0.25) is 0 Å². The monoisotopic (exact) mass is 235 g/mol. The van der Waals surface area contributed by atoms with Crippen LogP contribution in [0.15, 0.2) is 60.8 Å². The highest BCUT2D eigenvalue weighted by molar-refractivity contribution is 5.96. The van der Waals surface area contributed by atoms with Gasteiger partial charge in [0.05, 0.1) is 0 Å². The highest BCUT2D eigenvalue weighted by Crippen LogP contribution is 2.30. The average Bonchev–Trinajstić information content (AvgIpc) is 2.80. The summed E-state index contributed by atoms with van der Waals surface area (Å²) < 4.78 is 2.36. The SMILES string of the molecule is CCCn1cc(-c2ccccc2)c2ccccc21. The van der Waals surface area contributed by atoms with E-state index in [0.29, 0.717) is 0 Å². The number of rotatable bonds is 3. The standard InChI is InChI=1S/C17H17N/c1-2-12-18-13-16(14-8-4-3-5-9-14)15-10-6-7-11-17(15)18/h3-11,13H,2,12H2,1H3. The van der Waals surface area contributed by atoms with Crippen molar-refractivity contribution in [2.45, 2.75) is 19.9 Å². The van der Waals surface area contributed by atoms with Crippen molar-refractivity contribution in [2.24, 2.45) is 0 Å². The van der Waals surface area contributed by atoms with Crippen molar-refractivity contribution in [3.8, 4) is 11.1 Å². The van der Waals surface area contributed by atoms with E-state index in [1.165, 1.54) is 22.0 Å². The van der Waals surface area contributed by atoms with Crippen LogP contribution in [0.4, 0.5) is 0 Å². The zero-order valence-corrected chi connectivity index (χ0v) is 10.6. The topological polar surface area (TPSA) is 4.93 Å². The lowest BCUT2D eigenvalue weighted by Crippen LogP contribution is -1.93. The predicted octanol–water partition coefficient (Wildman–Crippen LogP) is 4.72. The molecule has 0 bridgehead atoms. The summed E-state index contributed by atoms with van der Waals surface area (Å²) in [4.78, 5) is 0. The molecule has 3 aromatic rings. The van der Waals surface area contributed by atoms with E-state index in [0.717, 1.165) is 13.0 Å². The molecule has 90 valence electrons. The van der Waals surface area contributed by atoms with Gasteiger partial charge in [0.25, 0.3) is 0 Å². The molecule has 0 fully saturated rings. The van der Waals surface area contributed by atoms with Crippen LogP contribution in [0.1, 0.15) is 13.3 Å². The van der Waals surface area contributed by atoms with Gasteiger partial charge in [-0.1, -0.05) is 55.5 Å². The molecule has 3 rings (SSSR count). The number of aryl methyl sites for hydroxylation is 1. The third-order valence-corrected chi connectivity index (χ3v) is 3.34. The molecule has 18 heavy (non-hydrogen) atoms. The molecule has 1 nitrogen and oxygen atoms in total. The van der Waals surface area contributed by atoms with Gasteiger partial charge in [0, 0.05) is 29.2 Å². The molecule has 0 unspecified atom stereocenters. The first kappa shape index (κ1) is 11.1. The second-order valence-corrected chi connectivity index (χ2v) is 4.62. The summed E-state index contributed by atoms with van der Waals surface area (Å²) in [7, 11) is 0. The normalized spacial score (nSPS) is 10.9. The fourth-order valence-electron chi connectivity index (χ4n) is 2.52. The van der Waals surface area contributed by atoms with Crippen molar-refractivity contribution in [3.05, 3.63) is 60.8 Å². The van der Waals surface area contributed by atoms with Crippen molar-refractivity contribution in [1.29, 1.82) is 0 Å². The van der Waals surface area contributed by atoms with Gasteiger partial charge >= 0.3 is 0 Å². The molecule has 1 heteroatoms. The van der Waals surface area contributed by atoms with Crippen molar-refractivity contribution in [1.82, 2.24) is 4.57 Å². The van der Waals surface area contributed by atoms with Gasteiger partial charge in [0.1, 0.15) is 0 Å². The van der Waals surface area contributed by atoms with Crippen LogP contribution in [0, 0.1) is 0 Å². The molecule has 0 saturated carbocycles. The second kappa shape index (κ2) is 4.69. The Morgan fingerprint density at radius 1 is 0.889 bits per heavy atom. The maximum Gasteiger partial charge on any atom is 0.0486 e. The molecule has 2 aromatic carbocycles. The van der Waals surface area contributed by atoms with Crippen LogP contribution in [0.5, 0.6) is 0 Å². The van der Waals surface area contributed by atoms with Crippen LogP contribution in [-0.4, -0.2) is 4.57 Å². The Labute approximate surface area is 108 Å². The Bertz CT molecular complexity index is 650. The van der Waals surface area contributed by atoms with Gasteiger partial charge < -0.3 is 4.57 Å². The summed E-state index contributed by atoms with van der Waals surface area (Å²) >= 11 is 0. The van der Waals surface area contributed by atoms with Gasteiger partial charge in [0.15, 0.2) is 0 Å². The summed E-state index contributed by atoms with van der Waals surface area (Å²) in [5, 5.41) is 1.34. The molecule has 0 atom stereocenters. The fourth-order valence-corrected chi connectivity index (χ4v) is 2.52. The minimum atomic E-state index is 1.08. The van der Waals surface area contributed by atoms with E-state index in [9.17, 15) is 0 Å². The van der Waals surface area contributed by atoms with Crippen LogP contribution in [0.3, 0.4) is 0 Å². The minimum absolute atomic E-state index is 1.08. The van der Waals surface area contributed by atoms with E-state index in [-0.39, 0.29) is 0 Å². The van der Waals surface area contributed by atoms with Gasteiger partial charge in [-0.05, 0) is 18.1 Å². The van der Waals surface area contributed by atoms with E-state index in [2.05, 4.69) is 72.3 Å². The number of hydrogen-bond donors (Lipinski definition) is 0. The molecular weight excluding hydrogens is 218 g/mol. The second-order valence-electron chi connectivity index (χ2n) is 4.62. The minimum Gasteiger partial charge on any atom is -0.347 e. The highest BCUT2D eigenvalue weighted by Gasteiger charge is 2.08. The first-order valence-corrected chi connectivity index (χ1v) is 6.53. The Kier molecular flexibility index (Phi) is 2.89. The number of benzene rings is 2. The molecule has 1 heterocycles. The molecular formula is C17H17N. The number of aromatic nitrogens is 1. The summed E-state index contributed by atoms with van der Waals surface area (Å²) in [6.07, 6.45) is 3.44. The lowest BCUT2D eigenvalue weighted by Gasteiger charge is -2.01. The predicted molar refractivity (Wildman–Crippen MR) is 77.7 cm³/mol. The van der Waals surface area contributed by atoms with E-state index >= 15 is 0 Å². The van der Waals surface area contributed by atoms with Crippen LogP contribution >= 0.6 is 0 Å². The van der Waals surface area contributed by atoms with E-state index in [4.69, 9.17) is 0 Å². The third-order valence-electron chi connectivity index (χ3n) is 3.34. The van der Waals surface area contributed by atoms with Crippen LogP contribution in [-0.2, 0) is 6.54 Å². The van der Waals surface area contributed by atoms with Crippen molar-refractivity contribution in [2.75, 3.05) is 0 Å². The van der Waals surface area contributed by atoms with Gasteiger partial charge in [-0.15, -0.1) is 0 Å². The first-order valence-electron chi connectivity index (χ1n) is 6.53. The quantitative estimate of drug-likeness (QED) is 0.619. The molecule has 0 N–H and O–H groups in total. The van der Waals surface area contributed by atoms with E-state index in [1.807, 2.05) is 0 Å². The number of nitrogens with zero attached hydrogens (tertiary/aromatic N) is 1. The summed E-state index contributed by atoms with van der Waals surface area (Å²) in [6, 6.07) is 19.3. The molecule has 0 spiro atoms. The average molecular weight is 235 g/mol. The maximum atomic E-state index is 2.36.